The maximum Gasteiger partial charge on any atom is 0.389 e. The number of benzene rings is 2. The highest BCUT2D eigenvalue weighted by Gasteiger charge is 2.28. The van der Waals surface area contributed by atoms with Gasteiger partial charge in [0, 0.05) is 28.2 Å². The highest BCUT2D eigenvalue weighted by atomic mass is 35.5. The van der Waals surface area contributed by atoms with Crippen molar-refractivity contribution in [2.75, 3.05) is 0 Å². The first-order valence-electron chi connectivity index (χ1n) is 6.65. The molecule has 3 rings (SSSR count). The summed E-state index contributed by atoms with van der Waals surface area (Å²) in [5.74, 6) is 0. The number of hydrogen-bond donors (Lipinski definition) is 1. The van der Waals surface area contributed by atoms with Crippen molar-refractivity contribution in [2.45, 2.75) is 24.4 Å². The molecule has 0 amide bonds. The van der Waals surface area contributed by atoms with Gasteiger partial charge in [0.15, 0.2) is 0 Å². The molecule has 0 aliphatic carbocycles. The van der Waals surface area contributed by atoms with Crippen molar-refractivity contribution in [3.05, 3.63) is 48.0 Å². The van der Waals surface area contributed by atoms with Gasteiger partial charge in [0.25, 0.3) is 0 Å². The van der Waals surface area contributed by atoms with Crippen molar-refractivity contribution in [2.24, 2.45) is 0 Å². The van der Waals surface area contributed by atoms with Crippen LogP contribution in [0.5, 0.6) is 0 Å². The fourth-order valence-corrected chi connectivity index (χ4v) is 2.76. The maximum atomic E-state index is 12.3. The van der Waals surface area contributed by atoms with E-state index in [0.29, 0.717) is 0 Å². The van der Waals surface area contributed by atoms with Gasteiger partial charge in [0.2, 0.25) is 0 Å². The first-order valence-corrected chi connectivity index (χ1v) is 7.09. The van der Waals surface area contributed by atoms with E-state index in [1.165, 1.54) is 0 Å². The van der Waals surface area contributed by atoms with Crippen LogP contribution in [0.4, 0.5) is 13.2 Å². The maximum absolute atomic E-state index is 12.3. The highest BCUT2D eigenvalue weighted by Crippen LogP contribution is 2.34. The molecule has 21 heavy (non-hydrogen) atoms. The van der Waals surface area contributed by atoms with Crippen LogP contribution in [0, 0.1) is 0 Å². The third-order valence-electron chi connectivity index (χ3n) is 3.57. The molecular weight excluding hydrogens is 299 g/mol. The van der Waals surface area contributed by atoms with Crippen LogP contribution in [-0.4, -0.2) is 11.2 Å². The van der Waals surface area contributed by atoms with Gasteiger partial charge >= 0.3 is 6.18 Å². The van der Waals surface area contributed by atoms with Crippen molar-refractivity contribution in [3.63, 3.8) is 0 Å². The number of halogens is 4. The molecule has 0 saturated carbocycles. The third kappa shape index (κ3) is 3.00. The quantitative estimate of drug-likeness (QED) is 0.576. The van der Waals surface area contributed by atoms with Crippen molar-refractivity contribution >= 4 is 33.4 Å². The second-order valence-electron chi connectivity index (χ2n) is 5.10. The number of para-hydroxylation sites is 1. The van der Waals surface area contributed by atoms with E-state index in [9.17, 15) is 13.2 Å². The number of alkyl halides is 4. The topological polar surface area (TPSA) is 15.8 Å². The predicted octanol–water partition coefficient (Wildman–Crippen LogP) is 5.94. The van der Waals surface area contributed by atoms with Crippen LogP contribution in [0.25, 0.3) is 21.8 Å². The van der Waals surface area contributed by atoms with Crippen LogP contribution in [0.15, 0.2) is 42.5 Å². The van der Waals surface area contributed by atoms with Gasteiger partial charge in [-0.25, -0.2) is 0 Å². The summed E-state index contributed by atoms with van der Waals surface area (Å²) >= 11 is 6.12. The molecule has 0 bridgehead atoms. The zero-order valence-corrected chi connectivity index (χ0v) is 11.8. The minimum Gasteiger partial charge on any atom is -0.355 e. The molecule has 1 atom stereocenters. The number of hydrogen-bond acceptors (Lipinski definition) is 0. The molecule has 0 radical (unpaired) electrons. The second-order valence-corrected chi connectivity index (χ2v) is 5.62. The van der Waals surface area contributed by atoms with E-state index >= 15 is 0 Å². The summed E-state index contributed by atoms with van der Waals surface area (Å²) in [6.45, 7) is 0. The van der Waals surface area contributed by atoms with Crippen LogP contribution in [-0.2, 0) is 0 Å². The predicted molar refractivity (Wildman–Crippen MR) is 79.7 cm³/mol. The van der Waals surface area contributed by atoms with Crippen LogP contribution < -0.4 is 0 Å². The molecule has 5 heteroatoms. The standard InChI is InChI=1S/C16H13ClF3N/c17-13(7-8-16(18,19)20)10-5-6-15-12(9-10)11-3-1-2-4-14(11)21-15/h1-6,9,13,21H,7-8H2. The fraction of sp³-hybridized carbons (Fsp3) is 0.250. The monoisotopic (exact) mass is 311 g/mol. The van der Waals surface area contributed by atoms with E-state index in [2.05, 4.69) is 4.98 Å². The smallest absolute Gasteiger partial charge is 0.355 e. The molecule has 1 aromatic heterocycles. The number of rotatable bonds is 3. The third-order valence-corrected chi connectivity index (χ3v) is 4.04. The Morgan fingerprint density at radius 2 is 1.71 bits per heavy atom. The zero-order chi connectivity index (χ0) is 15.0. The van der Waals surface area contributed by atoms with Crippen LogP contribution >= 0.6 is 11.6 Å². The van der Waals surface area contributed by atoms with Crippen molar-refractivity contribution in [1.82, 2.24) is 4.98 Å². The summed E-state index contributed by atoms with van der Waals surface area (Å²) in [4.78, 5) is 3.28. The molecule has 0 saturated heterocycles. The summed E-state index contributed by atoms with van der Waals surface area (Å²) < 4.78 is 36.8. The summed E-state index contributed by atoms with van der Waals surface area (Å²) in [5.41, 5.74) is 2.68. The van der Waals surface area contributed by atoms with Crippen molar-refractivity contribution in [3.8, 4) is 0 Å². The van der Waals surface area contributed by atoms with E-state index in [0.717, 1.165) is 27.4 Å². The average Bonchev–Trinajstić information content (AvgIpc) is 2.81. The van der Waals surface area contributed by atoms with Crippen molar-refractivity contribution < 1.29 is 13.2 Å². The Balaban J connectivity index is 1.94. The average molecular weight is 312 g/mol. The fourth-order valence-electron chi connectivity index (χ4n) is 2.52. The molecule has 110 valence electrons. The molecule has 0 aliphatic heterocycles. The van der Waals surface area contributed by atoms with E-state index in [1.54, 1.807) is 6.07 Å². The Hall–Kier alpha value is -1.68. The molecule has 1 N–H and O–H groups in total. The van der Waals surface area contributed by atoms with Gasteiger partial charge in [-0.05, 0) is 30.2 Å². The van der Waals surface area contributed by atoms with E-state index in [-0.39, 0.29) is 6.42 Å². The number of H-pyrrole nitrogens is 1. The highest BCUT2D eigenvalue weighted by molar-refractivity contribution is 6.21. The molecule has 0 fully saturated rings. The summed E-state index contributed by atoms with van der Waals surface area (Å²) in [6.07, 6.45) is -5.15. The van der Waals surface area contributed by atoms with Gasteiger partial charge in [-0.1, -0.05) is 24.3 Å². The van der Waals surface area contributed by atoms with Crippen LogP contribution in [0.1, 0.15) is 23.8 Å². The summed E-state index contributed by atoms with van der Waals surface area (Å²) in [6, 6.07) is 13.4. The molecule has 3 aromatic rings. The van der Waals surface area contributed by atoms with E-state index in [4.69, 9.17) is 11.6 Å². The van der Waals surface area contributed by atoms with Crippen molar-refractivity contribution in [1.29, 1.82) is 0 Å². The molecule has 1 nitrogen and oxygen atoms in total. The number of aromatic nitrogens is 1. The van der Waals surface area contributed by atoms with Gasteiger partial charge in [0.1, 0.15) is 0 Å². The molecular formula is C16H13ClF3N. The molecule has 0 spiro atoms. The Kier molecular flexibility index (Phi) is 3.57. The largest absolute Gasteiger partial charge is 0.389 e. The Morgan fingerprint density at radius 1 is 1.00 bits per heavy atom. The lowest BCUT2D eigenvalue weighted by Crippen LogP contribution is -2.08. The lowest BCUT2D eigenvalue weighted by Gasteiger charge is -2.12. The van der Waals surface area contributed by atoms with E-state index in [1.807, 2.05) is 36.4 Å². The normalized spacial score (nSPS) is 13.9. The zero-order valence-electron chi connectivity index (χ0n) is 11.0. The van der Waals surface area contributed by atoms with Gasteiger partial charge in [0.05, 0.1) is 5.38 Å². The summed E-state index contributed by atoms with van der Waals surface area (Å²) in [5, 5.41) is 1.40. The number of fused-ring (bicyclic) bond motifs is 3. The number of nitrogens with one attached hydrogen (secondary N) is 1. The molecule has 2 aromatic carbocycles. The Morgan fingerprint density at radius 3 is 2.48 bits per heavy atom. The molecule has 1 unspecified atom stereocenters. The minimum absolute atomic E-state index is 0.112. The first kappa shape index (κ1) is 14.3. The van der Waals surface area contributed by atoms with Gasteiger partial charge in [-0.3, -0.25) is 0 Å². The molecule has 0 aliphatic rings. The minimum atomic E-state index is -4.17. The van der Waals surface area contributed by atoms with Gasteiger partial charge < -0.3 is 4.98 Å². The lowest BCUT2D eigenvalue weighted by molar-refractivity contribution is -0.135. The van der Waals surface area contributed by atoms with E-state index < -0.39 is 18.0 Å². The second kappa shape index (κ2) is 5.26. The molecule has 1 heterocycles. The lowest BCUT2D eigenvalue weighted by atomic mass is 10.0. The summed E-state index contributed by atoms with van der Waals surface area (Å²) in [7, 11) is 0. The Labute approximate surface area is 124 Å². The van der Waals surface area contributed by atoms with Gasteiger partial charge in [-0.15, -0.1) is 11.6 Å². The SMILES string of the molecule is FC(F)(F)CCC(Cl)c1ccc2[nH]c3ccccc3c2c1. The number of aromatic amines is 1. The van der Waals surface area contributed by atoms with Crippen LogP contribution in [0.3, 0.4) is 0 Å². The van der Waals surface area contributed by atoms with Gasteiger partial charge in [-0.2, -0.15) is 13.2 Å². The Bertz CT molecular complexity index is 776. The van der Waals surface area contributed by atoms with Crippen LogP contribution in [0.2, 0.25) is 0 Å². The first-order chi connectivity index (χ1) is 9.94.